The number of benzene rings is 2. The lowest BCUT2D eigenvalue weighted by atomic mass is 9.84. The Hall–Kier alpha value is -3.25. The maximum atomic E-state index is 5.85. The number of imidazole rings is 1. The van der Waals surface area contributed by atoms with Crippen LogP contribution in [-0.4, -0.2) is 24.9 Å². The molecule has 2 aromatic carbocycles. The number of hydrogen-bond donors (Lipinski definition) is 0. The lowest BCUT2D eigenvalue weighted by molar-refractivity contribution is 0.330. The first-order valence-electron chi connectivity index (χ1n) is 10.5. The van der Waals surface area contributed by atoms with Crippen molar-refractivity contribution in [1.29, 1.82) is 0 Å². The molecule has 0 saturated carbocycles. The Morgan fingerprint density at radius 1 is 1.16 bits per heavy atom. The highest BCUT2D eigenvalue weighted by Crippen LogP contribution is 2.35. The molecule has 4 aromatic rings. The third-order valence-corrected chi connectivity index (χ3v) is 6.49. The summed E-state index contributed by atoms with van der Waals surface area (Å²) in [7, 11) is 2.13. The van der Waals surface area contributed by atoms with Gasteiger partial charge in [0.25, 0.3) is 0 Å². The average Bonchev–Trinajstić information content (AvgIpc) is 3.34. The number of aryl methyl sites for hydroxylation is 2. The Kier molecular flexibility index (Phi) is 5.16. The van der Waals surface area contributed by atoms with E-state index in [1.807, 2.05) is 49.6 Å². The van der Waals surface area contributed by atoms with Gasteiger partial charge in [-0.3, -0.25) is 0 Å². The zero-order chi connectivity index (χ0) is 21.4. The summed E-state index contributed by atoms with van der Waals surface area (Å²) in [5.41, 5.74) is 5.52. The monoisotopic (exact) mass is 428 g/mol. The Morgan fingerprint density at radius 3 is 2.71 bits per heavy atom. The van der Waals surface area contributed by atoms with Crippen LogP contribution in [0.5, 0.6) is 0 Å². The lowest BCUT2D eigenvalue weighted by Gasteiger charge is -2.26. The van der Waals surface area contributed by atoms with Crippen LogP contribution in [0.4, 0.5) is 0 Å². The SMILES string of the molecule is Cc1nccn1CC1CCc2c(c3ccccc3n2C)/C1=N/OC(=S)c1ccccc1. The van der Waals surface area contributed by atoms with Crippen molar-refractivity contribution in [1.82, 2.24) is 14.1 Å². The second-order valence-corrected chi connectivity index (χ2v) is 8.35. The normalized spacial score (nSPS) is 17.1. The standard InChI is InChI=1S/C25H24N4OS/c1-17-26-14-15-29(17)16-19-12-13-22-23(20-10-6-7-11-21(20)28(22)2)24(19)27-30-25(31)18-8-4-3-5-9-18/h3-11,14-15,19H,12-13,16H2,1-2H3/b27-24+. The zero-order valence-electron chi connectivity index (χ0n) is 17.7. The van der Waals surface area contributed by atoms with Crippen molar-refractivity contribution >= 4 is 33.9 Å². The highest BCUT2D eigenvalue weighted by atomic mass is 32.1. The largest absolute Gasteiger partial charge is 0.347 e. The summed E-state index contributed by atoms with van der Waals surface area (Å²) in [6.45, 7) is 2.85. The van der Waals surface area contributed by atoms with Gasteiger partial charge in [0.2, 0.25) is 5.05 Å². The predicted octanol–water partition coefficient (Wildman–Crippen LogP) is 5.04. The fourth-order valence-electron chi connectivity index (χ4n) is 4.53. The molecular weight excluding hydrogens is 404 g/mol. The molecule has 6 heteroatoms. The van der Waals surface area contributed by atoms with Crippen LogP contribution < -0.4 is 0 Å². The third-order valence-electron chi connectivity index (χ3n) is 6.18. The van der Waals surface area contributed by atoms with Gasteiger partial charge in [0.15, 0.2) is 0 Å². The van der Waals surface area contributed by atoms with Crippen LogP contribution in [0.3, 0.4) is 0 Å². The third kappa shape index (κ3) is 3.57. The van der Waals surface area contributed by atoms with Crippen LogP contribution in [0.25, 0.3) is 10.9 Å². The number of para-hydroxylation sites is 1. The molecule has 5 rings (SSSR count). The number of thiocarbonyl (C=S) groups is 1. The van der Waals surface area contributed by atoms with E-state index in [-0.39, 0.29) is 5.92 Å². The van der Waals surface area contributed by atoms with E-state index in [0.717, 1.165) is 36.5 Å². The minimum atomic E-state index is 0.213. The minimum absolute atomic E-state index is 0.213. The first-order chi connectivity index (χ1) is 15.1. The van der Waals surface area contributed by atoms with Gasteiger partial charge < -0.3 is 14.0 Å². The lowest BCUT2D eigenvalue weighted by Crippen LogP contribution is -2.28. The molecule has 31 heavy (non-hydrogen) atoms. The van der Waals surface area contributed by atoms with Crippen LogP contribution in [-0.2, 0) is 24.9 Å². The van der Waals surface area contributed by atoms with Gasteiger partial charge >= 0.3 is 0 Å². The van der Waals surface area contributed by atoms with Crippen LogP contribution in [0.15, 0.2) is 72.1 Å². The van der Waals surface area contributed by atoms with Gasteiger partial charge in [-0.15, -0.1) is 0 Å². The van der Waals surface area contributed by atoms with Crippen molar-refractivity contribution in [2.45, 2.75) is 26.3 Å². The Labute approximate surface area is 187 Å². The molecule has 0 radical (unpaired) electrons. The number of nitrogens with zero attached hydrogens (tertiary/aromatic N) is 4. The summed E-state index contributed by atoms with van der Waals surface area (Å²) in [5, 5.41) is 6.28. The van der Waals surface area contributed by atoms with E-state index < -0.39 is 0 Å². The van der Waals surface area contributed by atoms with Crippen LogP contribution in [0.2, 0.25) is 0 Å². The van der Waals surface area contributed by atoms with E-state index in [4.69, 9.17) is 17.1 Å². The first kappa shape index (κ1) is 19.7. The van der Waals surface area contributed by atoms with Crippen molar-refractivity contribution in [3.63, 3.8) is 0 Å². The molecule has 0 saturated heterocycles. The fraction of sp³-hybridized carbons (Fsp3) is 0.240. The number of fused-ring (bicyclic) bond motifs is 3. The fourth-order valence-corrected chi connectivity index (χ4v) is 4.70. The van der Waals surface area contributed by atoms with Crippen molar-refractivity contribution in [2.24, 2.45) is 18.1 Å². The molecule has 0 spiro atoms. The molecule has 0 N–H and O–H groups in total. The molecule has 5 nitrogen and oxygen atoms in total. The zero-order valence-corrected chi connectivity index (χ0v) is 18.5. The van der Waals surface area contributed by atoms with Crippen LogP contribution in [0, 0.1) is 12.8 Å². The molecule has 0 aliphatic heterocycles. The molecule has 2 aromatic heterocycles. The van der Waals surface area contributed by atoms with Crippen LogP contribution in [0.1, 0.15) is 29.1 Å². The van der Waals surface area contributed by atoms with Gasteiger partial charge in [0.1, 0.15) is 5.82 Å². The summed E-state index contributed by atoms with van der Waals surface area (Å²) >= 11 is 5.51. The predicted molar refractivity (Wildman–Crippen MR) is 127 cm³/mol. The van der Waals surface area contributed by atoms with E-state index in [0.29, 0.717) is 5.05 Å². The molecular formula is C25H24N4OS. The van der Waals surface area contributed by atoms with Crippen molar-refractivity contribution < 1.29 is 4.84 Å². The van der Waals surface area contributed by atoms with Crippen molar-refractivity contribution in [3.8, 4) is 0 Å². The van der Waals surface area contributed by atoms with Gasteiger partial charge in [-0.1, -0.05) is 53.7 Å². The van der Waals surface area contributed by atoms with Gasteiger partial charge in [-0.2, -0.15) is 0 Å². The van der Waals surface area contributed by atoms with Gasteiger partial charge in [0.05, 0.1) is 5.71 Å². The molecule has 1 unspecified atom stereocenters. The van der Waals surface area contributed by atoms with Gasteiger partial charge in [-0.05, 0) is 38.0 Å². The molecule has 0 bridgehead atoms. The minimum Gasteiger partial charge on any atom is -0.347 e. The molecule has 1 aliphatic carbocycles. The summed E-state index contributed by atoms with van der Waals surface area (Å²) in [6.07, 6.45) is 5.87. The summed E-state index contributed by atoms with van der Waals surface area (Å²) < 4.78 is 4.47. The number of hydrogen-bond acceptors (Lipinski definition) is 4. The Morgan fingerprint density at radius 2 is 1.94 bits per heavy atom. The van der Waals surface area contributed by atoms with Gasteiger partial charge in [-0.25, -0.2) is 4.98 Å². The van der Waals surface area contributed by atoms with E-state index >= 15 is 0 Å². The van der Waals surface area contributed by atoms with E-state index in [1.165, 1.54) is 22.2 Å². The average molecular weight is 429 g/mol. The number of rotatable bonds is 4. The van der Waals surface area contributed by atoms with E-state index in [1.54, 1.807) is 0 Å². The number of aromatic nitrogens is 3. The Balaban J connectivity index is 1.58. The van der Waals surface area contributed by atoms with Crippen molar-refractivity contribution in [3.05, 3.63) is 89.6 Å². The van der Waals surface area contributed by atoms with Crippen molar-refractivity contribution in [2.75, 3.05) is 0 Å². The second kappa shape index (κ2) is 8.12. The van der Waals surface area contributed by atoms with E-state index in [9.17, 15) is 0 Å². The summed E-state index contributed by atoms with van der Waals surface area (Å²) in [5.74, 6) is 1.22. The highest BCUT2D eigenvalue weighted by Gasteiger charge is 2.31. The summed E-state index contributed by atoms with van der Waals surface area (Å²) in [4.78, 5) is 10.2. The maximum absolute atomic E-state index is 5.85. The van der Waals surface area contributed by atoms with Gasteiger partial charge in [0, 0.05) is 59.6 Å². The van der Waals surface area contributed by atoms with E-state index in [2.05, 4.69) is 50.6 Å². The topological polar surface area (TPSA) is 44.3 Å². The molecule has 156 valence electrons. The number of oxime groups is 1. The molecule has 1 aliphatic rings. The molecule has 1 atom stereocenters. The maximum Gasteiger partial charge on any atom is 0.228 e. The van der Waals surface area contributed by atoms with Crippen LogP contribution >= 0.6 is 12.2 Å². The molecule has 2 heterocycles. The first-order valence-corrected chi connectivity index (χ1v) is 10.9. The second-order valence-electron chi connectivity index (χ2n) is 7.98. The highest BCUT2D eigenvalue weighted by molar-refractivity contribution is 7.80. The molecule has 0 amide bonds. The smallest absolute Gasteiger partial charge is 0.228 e. The summed E-state index contributed by atoms with van der Waals surface area (Å²) in [6, 6.07) is 18.2. The quantitative estimate of drug-likeness (QED) is 0.338. The Bertz CT molecular complexity index is 1290. The molecule has 0 fully saturated rings.